The Morgan fingerprint density at radius 3 is 2.40 bits per heavy atom. The number of methoxy groups -OCH3 is 1. The van der Waals surface area contributed by atoms with E-state index in [-0.39, 0.29) is 11.5 Å². The topological polar surface area (TPSA) is 74.8 Å². The smallest absolute Gasteiger partial charge is 0.274 e. The van der Waals surface area contributed by atoms with E-state index in [1.165, 1.54) is 5.01 Å². The van der Waals surface area contributed by atoms with Gasteiger partial charge in [0.15, 0.2) is 0 Å². The van der Waals surface area contributed by atoms with Crippen molar-refractivity contribution in [3.8, 4) is 16.9 Å². The molecule has 0 bridgehead atoms. The lowest BCUT2D eigenvalue weighted by molar-refractivity contribution is 0.0710. The number of amides is 1. The van der Waals surface area contributed by atoms with E-state index < -0.39 is 6.04 Å². The zero-order valence-corrected chi connectivity index (χ0v) is 23.6. The van der Waals surface area contributed by atoms with Crippen LogP contribution in [0.3, 0.4) is 0 Å². The fraction of sp³-hybridized carbons (Fsp3) is 0.121. The summed E-state index contributed by atoms with van der Waals surface area (Å²) in [7, 11) is 1.62. The number of nitrogens with zero attached hydrogens (tertiary/aromatic N) is 2. The number of hydrogen-bond acceptors (Lipinski definition) is 4. The van der Waals surface area contributed by atoms with Gasteiger partial charge in [0.25, 0.3) is 11.5 Å². The number of fused-ring (bicyclic) bond motifs is 1. The number of hydrogen-bond donors (Lipinski definition) is 1. The maximum Gasteiger partial charge on any atom is 0.274 e. The third-order valence-electron chi connectivity index (χ3n) is 7.32. The SMILES string of the molecule is COc1ccc([C@@H]2CC(c3c(-c4ccccc4)c4cc(Br)ccc4[nH]c3=O)=NN2C(=O)c2ccccc2C)cc1. The van der Waals surface area contributed by atoms with Gasteiger partial charge in [-0.2, -0.15) is 5.10 Å². The van der Waals surface area contributed by atoms with Gasteiger partial charge in [-0.3, -0.25) is 9.59 Å². The van der Waals surface area contributed by atoms with Gasteiger partial charge in [0.1, 0.15) is 5.75 Å². The molecule has 1 atom stereocenters. The molecule has 0 radical (unpaired) electrons. The van der Waals surface area contributed by atoms with Gasteiger partial charge >= 0.3 is 0 Å². The fourth-order valence-electron chi connectivity index (χ4n) is 5.32. The van der Waals surface area contributed by atoms with Gasteiger partial charge in [-0.1, -0.05) is 76.6 Å². The maximum atomic E-state index is 14.0. The molecule has 0 saturated carbocycles. The van der Waals surface area contributed by atoms with Crippen molar-refractivity contribution in [3.05, 3.63) is 134 Å². The van der Waals surface area contributed by atoms with Gasteiger partial charge < -0.3 is 9.72 Å². The van der Waals surface area contributed by atoms with Crippen LogP contribution in [-0.2, 0) is 0 Å². The predicted molar refractivity (Wildman–Crippen MR) is 162 cm³/mol. The second-order valence-corrected chi connectivity index (χ2v) is 10.7. The molecule has 0 spiro atoms. The van der Waals surface area contributed by atoms with Crippen LogP contribution in [0.1, 0.15) is 39.5 Å². The molecule has 0 fully saturated rings. The minimum absolute atomic E-state index is 0.213. The van der Waals surface area contributed by atoms with Gasteiger partial charge in [0.05, 0.1) is 24.4 Å². The molecular formula is C33H26BrN3O3. The van der Waals surface area contributed by atoms with Gasteiger partial charge in [0, 0.05) is 32.9 Å². The number of rotatable bonds is 5. The Kier molecular flexibility index (Phi) is 6.82. The Hall–Kier alpha value is -4.49. The summed E-state index contributed by atoms with van der Waals surface area (Å²) in [5.41, 5.74) is 5.55. The van der Waals surface area contributed by atoms with Crippen LogP contribution in [0.2, 0.25) is 0 Å². The van der Waals surface area contributed by atoms with Crippen LogP contribution in [0.15, 0.2) is 111 Å². The van der Waals surface area contributed by atoms with Gasteiger partial charge in [0.2, 0.25) is 0 Å². The van der Waals surface area contributed by atoms with Crippen LogP contribution < -0.4 is 10.3 Å². The lowest BCUT2D eigenvalue weighted by Crippen LogP contribution is -2.27. The lowest BCUT2D eigenvalue weighted by Gasteiger charge is -2.23. The minimum Gasteiger partial charge on any atom is -0.497 e. The van der Waals surface area contributed by atoms with Gasteiger partial charge in [-0.15, -0.1) is 0 Å². The average Bonchev–Trinajstić information content (AvgIpc) is 3.42. The number of aromatic amines is 1. The molecule has 1 aliphatic rings. The Morgan fingerprint density at radius 1 is 0.950 bits per heavy atom. The number of H-pyrrole nitrogens is 1. The first kappa shape index (κ1) is 25.8. The molecule has 1 amide bonds. The number of hydrazone groups is 1. The number of ether oxygens (including phenoxy) is 1. The summed E-state index contributed by atoms with van der Waals surface area (Å²) in [4.78, 5) is 30.8. The van der Waals surface area contributed by atoms with Crippen LogP contribution >= 0.6 is 15.9 Å². The van der Waals surface area contributed by atoms with Crippen molar-refractivity contribution in [2.75, 3.05) is 7.11 Å². The van der Waals surface area contributed by atoms with Crippen molar-refractivity contribution in [1.29, 1.82) is 0 Å². The van der Waals surface area contributed by atoms with E-state index in [4.69, 9.17) is 9.84 Å². The fourth-order valence-corrected chi connectivity index (χ4v) is 5.68. The van der Waals surface area contributed by atoms with E-state index >= 15 is 0 Å². The molecule has 0 unspecified atom stereocenters. The zero-order valence-electron chi connectivity index (χ0n) is 22.0. The number of pyridine rings is 1. The monoisotopic (exact) mass is 591 g/mol. The van der Waals surface area contributed by atoms with E-state index in [1.807, 2.05) is 104 Å². The van der Waals surface area contributed by atoms with E-state index in [9.17, 15) is 9.59 Å². The number of carbonyl (C=O) groups is 1. The molecule has 1 N–H and O–H groups in total. The summed E-state index contributed by atoms with van der Waals surface area (Å²) in [6.07, 6.45) is 0.381. The third kappa shape index (κ3) is 4.62. The Morgan fingerprint density at radius 2 is 1.68 bits per heavy atom. The van der Waals surface area contributed by atoms with Crippen LogP contribution in [0.5, 0.6) is 5.75 Å². The van der Waals surface area contributed by atoms with Crippen LogP contribution in [-0.4, -0.2) is 28.7 Å². The second-order valence-electron chi connectivity index (χ2n) is 9.76. The largest absolute Gasteiger partial charge is 0.497 e. The Labute approximate surface area is 240 Å². The average molecular weight is 592 g/mol. The maximum absolute atomic E-state index is 14.0. The van der Waals surface area contributed by atoms with Gasteiger partial charge in [-0.25, -0.2) is 5.01 Å². The molecule has 40 heavy (non-hydrogen) atoms. The first-order chi connectivity index (χ1) is 19.4. The highest BCUT2D eigenvalue weighted by Crippen LogP contribution is 2.38. The van der Waals surface area contributed by atoms with Crippen molar-refractivity contribution in [3.63, 3.8) is 0 Å². The normalized spacial score (nSPS) is 14.8. The van der Waals surface area contributed by atoms with Crippen LogP contribution in [0.25, 0.3) is 22.0 Å². The summed E-state index contributed by atoms with van der Waals surface area (Å²) in [5, 5.41) is 7.31. The molecule has 2 heterocycles. The molecule has 198 valence electrons. The standard InChI is InChI=1S/C33H26BrN3O3/c1-20-8-6-7-11-25(20)33(39)37-29(21-12-15-24(40-2)16-13-21)19-28(36-37)31-30(22-9-4-3-5-10-22)26-18-23(34)14-17-27(26)35-32(31)38/h3-18,29H,19H2,1-2H3,(H,35,38)/t29-/m0/s1. The number of aryl methyl sites for hydroxylation is 1. The van der Waals surface area contributed by atoms with Crippen molar-refractivity contribution in [2.45, 2.75) is 19.4 Å². The number of halogens is 1. The summed E-state index contributed by atoms with van der Waals surface area (Å²) < 4.78 is 6.25. The quantitative estimate of drug-likeness (QED) is 0.233. The third-order valence-corrected chi connectivity index (χ3v) is 7.82. The number of benzene rings is 4. The van der Waals surface area contributed by atoms with Crippen molar-refractivity contribution in [1.82, 2.24) is 9.99 Å². The molecule has 1 aromatic heterocycles. The molecule has 0 saturated heterocycles. The van der Waals surface area contributed by atoms with Crippen molar-refractivity contribution in [2.24, 2.45) is 5.10 Å². The highest BCUT2D eigenvalue weighted by atomic mass is 79.9. The van der Waals surface area contributed by atoms with E-state index in [0.717, 1.165) is 43.4 Å². The van der Waals surface area contributed by atoms with E-state index in [1.54, 1.807) is 7.11 Å². The van der Waals surface area contributed by atoms with E-state index in [0.29, 0.717) is 23.3 Å². The predicted octanol–water partition coefficient (Wildman–Crippen LogP) is 7.27. The molecule has 6 rings (SSSR count). The molecular weight excluding hydrogens is 566 g/mol. The lowest BCUT2D eigenvalue weighted by atomic mass is 9.91. The molecule has 6 nitrogen and oxygen atoms in total. The molecule has 5 aromatic rings. The number of carbonyl (C=O) groups excluding carboxylic acids is 1. The second kappa shape index (κ2) is 10.6. The Bertz CT molecular complexity index is 1830. The highest BCUT2D eigenvalue weighted by Gasteiger charge is 2.36. The van der Waals surface area contributed by atoms with Crippen LogP contribution in [0.4, 0.5) is 0 Å². The summed E-state index contributed by atoms with van der Waals surface area (Å²) >= 11 is 3.59. The summed E-state index contributed by atoms with van der Waals surface area (Å²) in [6, 6.07) is 30.4. The summed E-state index contributed by atoms with van der Waals surface area (Å²) in [5.74, 6) is 0.512. The Balaban J connectivity index is 1.57. The zero-order chi connectivity index (χ0) is 27.8. The number of nitrogens with one attached hydrogen (secondary N) is 1. The summed E-state index contributed by atoms with van der Waals surface area (Å²) in [6.45, 7) is 1.91. The molecule has 0 aliphatic carbocycles. The van der Waals surface area contributed by atoms with Gasteiger partial charge in [-0.05, 0) is 60.0 Å². The van der Waals surface area contributed by atoms with Crippen molar-refractivity contribution >= 4 is 38.5 Å². The van der Waals surface area contributed by atoms with Crippen LogP contribution in [0, 0.1) is 6.92 Å². The number of aromatic nitrogens is 1. The highest BCUT2D eigenvalue weighted by molar-refractivity contribution is 9.10. The molecule has 1 aliphatic heterocycles. The van der Waals surface area contributed by atoms with Crippen molar-refractivity contribution < 1.29 is 9.53 Å². The minimum atomic E-state index is -0.394. The van der Waals surface area contributed by atoms with E-state index in [2.05, 4.69) is 20.9 Å². The molecule has 4 aromatic carbocycles. The first-order valence-corrected chi connectivity index (χ1v) is 13.8. The first-order valence-electron chi connectivity index (χ1n) is 13.0. The molecule has 7 heteroatoms.